The Balaban J connectivity index is 1.20. The summed E-state index contributed by atoms with van der Waals surface area (Å²) in [7, 11) is 0. The highest BCUT2D eigenvalue weighted by Gasteiger charge is 2.51. The topological polar surface area (TPSA) is 119 Å². The minimum atomic E-state index is -0.0706. The van der Waals surface area contributed by atoms with Crippen LogP contribution in [0, 0.1) is 0 Å². The molecule has 0 amide bonds. The summed E-state index contributed by atoms with van der Waals surface area (Å²) in [4.78, 5) is 18.2. The molecule has 0 radical (unpaired) electrons. The molecule has 3 fully saturated rings. The highest BCUT2D eigenvalue weighted by Crippen LogP contribution is 2.45. The number of hydrogen-bond donors (Lipinski definition) is 2. The summed E-state index contributed by atoms with van der Waals surface area (Å²) in [6.07, 6.45) is 9.29. The number of ether oxygens (including phenoxy) is 1. The molecule has 3 aliphatic rings. The minimum Gasteiger partial charge on any atom is -0.488 e. The number of aromatic nitrogens is 3. The third-order valence-electron chi connectivity index (χ3n) is 7.35. The molecule has 3 heterocycles. The van der Waals surface area contributed by atoms with Gasteiger partial charge in [0.15, 0.2) is 6.39 Å². The van der Waals surface area contributed by atoms with E-state index in [0.717, 1.165) is 61.8 Å². The fourth-order valence-corrected chi connectivity index (χ4v) is 4.79. The van der Waals surface area contributed by atoms with Crippen molar-refractivity contribution in [1.29, 1.82) is 0 Å². The minimum absolute atomic E-state index is 0.0706. The molecule has 0 unspecified atom stereocenters. The number of piperazine rings is 1. The van der Waals surface area contributed by atoms with Gasteiger partial charge in [-0.2, -0.15) is 0 Å². The Hall–Kier alpha value is -3.46. The van der Waals surface area contributed by atoms with Crippen molar-refractivity contribution < 1.29 is 14.6 Å². The first-order chi connectivity index (χ1) is 16.4. The number of nitrogens with zero attached hydrogens (tertiary/aromatic N) is 5. The zero-order valence-corrected chi connectivity index (χ0v) is 19.4. The number of oxazole rings is 1. The average molecular weight is 461 g/mol. The molecule has 1 saturated heterocycles. The van der Waals surface area contributed by atoms with Gasteiger partial charge in [0.05, 0.1) is 11.3 Å². The first kappa shape index (κ1) is 21.1. The van der Waals surface area contributed by atoms with Crippen molar-refractivity contribution in [1.82, 2.24) is 19.9 Å². The quantitative estimate of drug-likeness (QED) is 0.401. The summed E-state index contributed by atoms with van der Waals surface area (Å²) >= 11 is 0. The lowest BCUT2D eigenvalue weighted by Gasteiger charge is -2.42. The molecule has 1 aliphatic heterocycles. The van der Waals surface area contributed by atoms with Crippen molar-refractivity contribution >= 4 is 17.2 Å². The molecule has 2 aromatic heterocycles. The molecular weight excluding hydrogens is 430 g/mol. The van der Waals surface area contributed by atoms with E-state index in [1.807, 2.05) is 24.3 Å². The molecular formula is C25H30N7O2+. The lowest BCUT2D eigenvalue weighted by molar-refractivity contribution is -0.111. The third-order valence-corrected chi connectivity index (χ3v) is 7.35. The van der Waals surface area contributed by atoms with Gasteiger partial charge in [0.1, 0.15) is 35.5 Å². The maximum absolute atomic E-state index is 6.58. The van der Waals surface area contributed by atoms with Crippen LogP contribution in [-0.4, -0.2) is 56.3 Å². The maximum Gasteiger partial charge on any atom is 0.232 e. The summed E-state index contributed by atoms with van der Waals surface area (Å²) in [6, 6.07) is 7.62. The standard InChI is InChI=1S/C25H29N7O2/c1-24(4-5-24)34-18-2-3-20(26)19(10-18)23(27)21-11-22(29-15-28-21)31-8-9-32(25(14-31)6-7-25)12-17-13-33-16-30-17/h2-3,10-11,13,15-16,27H,4-9,12,14,26H2,1H3/p+1. The van der Waals surface area contributed by atoms with Crippen molar-refractivity contribution in [2.24, 2.45) is 0 Å². The predicted molar refractivity (Wildman–Crippen MR) is 127 cm³/mol. The van der Waals surface area contributed by atoms with Crippen molar-refractivity contribution in [3.8, 4) is 5.75 Å². The number of hydrogen-bond acceptors (Lipinski definition) is 8. The lowest BCUT2D eigenvalue weighted by atomic mass is 10.0. The Morgan fingerprint density at radius 3 is 2.74 bits per heavy atom. The molecule has 2 saturated carbocycles. The van der Waals surface area contributed by atoms with Crippen LogP contribution in [0.5, 0.6) is 5.75 Å². The summed E-state index contributed by atoms with van der Waals surface area (Å²) in [5.74, 6) is 1.66. The second-order valence-electron chi connectivity index (χ2n) is 10.0. The van der Waals surface area contributed by atoms with Crippen molar-refractivity contribution in [3.63, 3.8) is 0 Å². The number of benzene rings is 1. The van der Waals surface area contributed by atoms with E-state index in [2.05, 4.69) is 31.7 Å². The van der Waals surface area contributed by atoms with E-state index in [1.165, 1.54) is 19.2 Å². The molecule has 9 nitrogen and oxygen atoms in total. The molecule has 1 spiro atoms. The van der Waals surface area contributed by atoms with Gasteiger partial charge in [-0.1, -0.05) is 0 Å². The monoisotopic (exact) mass is 460 g/mol. The van der Waals surface area contributed by atoms with Crippen LogP contribution in [0.2, 0.25) is 0 Å². The Labute approximate surface area is 198 Å². The molecule has 0 bridgehead atoms. The summed E-state index contributed by atoms with van der Waals surface area (Å²) in [5, 5.41) is 6.58. The van der Waals surface area contributed by atoms with Crippen LogP contribution in [0.25, 0.3) is 0 Å². The molecule has 0 atom stereocenters. The van der Waals surface area contributed by atoms with Gasteiger partial charge >= 0.3 is 0 Å². The average Bonchev–Trinajstić information content (AvgIpc) is 3.72. The third kappa shape index (κ3) is 4.00. The van der Waals surface area contributed by atoms with Crippen LogP contribution in [0.3, 0.4) is 0 Å². The van der Waals surface area contributed by atoms with Gasteiger partial charge in [0, 0.05) is 43.5 Å². The number of nitrogens with two attached hydrogens (primary N) is 2. The summed E-state index contributed by atoms with van der Waals surface area (Å²) in [6.45, 7) is 5.67. The van der Waals surface area contributed by atoms with Crippen molar-refractivity contribution in [2.75, 3.05) is 30.3 Å². The maximum atomic E-state index is 6.58. The van der Waals surface area contributed by atoms with Crippen LogP contribution >= 0.6 is 0 Å². The Morgan fingerprint density at radius 2 is 2.00 bits per heavy atom. The largest absolute Gasteiger partial charge is 0.488 e. The number of anilines is 2. The van der Waals surface area contributed by atoms with Crippen LogP contribution in [-0.2, 0) is 6.54 Å². The zero-order chi connectivity index (χ0) is 23.3. The zero-order valence-electron chi connectivity index (χ0n) is 19.4. The first-order valence-electron chi connectivity index (χ1n) is 11.8. The second kappa shape index (κ2) is 7.80. The fraction of sp³-hybridized carbons (Fsp3) is 0.440. The van der Waals surface area contributed by atoms with Crippen LogP contribution in [0.15, 0.2) is 47.7 Å². The summed E-state index contributed by atoms with van der Waals surface area (Å²) in [5.41, 5.74) is 9.89. The van der Waals surface area contributed by atoms with Crippen LogP contribution in [0.4, 0.5) is 11.5 Å². The van der Waals surface area contributed by atoms with Gasteiger partial charge in [0.2, 0.25) is 5.71 Å². The van der Waals surface area contributed by atoms with Gasteiger partial charge in [-0.15, -0.1) is 0 Å². The molecule has 9 heteroatoms. The van der Waals surface area contributed by atoms with E-state index in [4.69, 9.17) is 20.3 Å². The predicted octanol–water partition coefficient (Wildman–Crippen LogP) is 1.43. The second-order valence-corrected chi connectivity index (χ2v) is 10.0. The smallest absolute Gasteiger partial charge is 0.232 e. The molecule has 2 aliphatic carbocycles. The van der Waals surface area contributed by atoms with E-state index in [0.29, 0.717) is 17.1 Å². The van der Waals surface area contributed by atoms with E-state index >= 15 is 0 Å². The highest BCUT2D eigenvalue weighted by atomic mass is 16.5. The first-order valence-corrected chi connectivity index (χ1v) is 11.8. The lowest BCUT2D eigenvalue weighted by Crippen LogP contribution is -2.55. The van der Waals surface area contributed by atoms with Gasteiger partial charge in [0.25, 0.3) is 0 Å². The molecule has 176 valence electrons. The normalized spacial score (nSPS) is 20.3. The number of rotatable bonds is 7. The molecule has 4 N–H and O–H groups in total. The fourth-order valence-electron chi connectivity index (χ4n) is 4.79. The van der Waals surface area contributed by atoms with E-state index in [1.54, 1.807) is 12.6 Å². The molecule has 34 heavy (non-hydrogen) atoms. The Morgan fingerprint density at radius 1 is 1.15 bits per heavy atom. The number of nitrogen functional groups attached to an aromatic ring is 1. The van der Waals surface area contributed by atoms with Crippen LogP contribution in [0.1, 0.15) is 49.6 Å². The Kier molecular flexibility index (Phi) is 4.84. The molecule has 1 aromatic carbocycles. The van der Waals surface area contributed by atoms with Gasteiger partial charge in [-0.25, -0.2) is 15.0 Å². The highest BCUT2D eigenvalue weighted by molar-refractivity contribution is 6.11. The van der Waals surface area contributed by atoms with Gasteiger partial charge < -0.3 is 19.8 Å². The van der Waals surface area contributed by atoms with E-state index in [-0.39, 0.29) is 11.1 Å². The molecule has 3 aromatic rings. The van der Waals surface area contributed by atoms with Crippen molar-refractivity contribution in [3.05, 3.63) is 60.2 Å². The SMILES string of the molecule is CC1(Oc2ccc(N)c(C(=[NH2+])c3cc(N4CCN(Cc5cocn5)C5(CC5)C4)ncn3)c2)CC1. The van der Waals surface area contributed by atoms with Gasteiger partial charge in [-0.3, -0.25) is 10.3 Å². The Bertz CT molecular complexity index is 1220. The van der Waals surface area contributed by atoms with Gasteiger partial charge in [-0.05, 0) is 50.8 Å². The van der Waals surface area contributed by atoms with Crippen LogP contribution < -0.4 is 20.8 Å². The molecule has 6 rings (SSSR count). The summed E-state index contributed by atoms with van der Waals surface area (Å²) < 4.78 is 11.3. The van der Waals surface area contributed by atoms with E-state index in [9.17, 15) is 0 Å². The van der Waals surface area contributed by atoms with E-state index < -0.39 is 0 Å². The van der Waals surface area contributed by atoms with Crippen molar-refractivity contribution in [2.45, 2.75) is 50.3 Å².